The monoisotopic (exact) mass is 222 g/mol. The number of hydrogen-bond acceptors (Lipinski definition) is 2. The van der Waals surface area contributed by atoms with Gasteiger partial charge in [-0.05, 0) is 6.92 Å². The first kappa shape index (κ1) is 13.9. The van der Waals surface area contributed by atoms with Gasteiger partial charge in [-0.3, -0.25) is 4.79 Å². The Morgan fingerprint density at radius 2 is 1.69 bits per heavy atom. The van der Waals surface area contributed by atoms with Gasteiger partial charge < -0.3 is 10.2 Å². The van der Waals surface area contributed by atoms with Crippen LogP contribution < -0.4 is 0 Å². The molecule has 0 radical (unpaired) electrons. The Balaban J connectivity index is 0.000000288. The van der Waals surface area contributed by atoms with Gasteiger partial charge in [-0.25, -0.2) is 4.79 Å². The van der Waals surface area contributed by atoms with Gasteiger partial charge in [0, 0.05) is 5.57 Å². The Kier molecular flexibility index (Phi) is 6.28. The number of carboxylic acid groups (broad SMARTS) is 2. The van der Waals surface area contributed by atoms with Gasteiger partial charge in [-0.1, -0.05) is 42.5 Å². The molecule has 0 unspecified atom stereocenters. The van der Waals surface area contributed by atoms with Crippen LogP contribution in [-0.2, 0) is 9.59 Å². The molecule has 1 aromatic rings. The van der Waals surface area contributed by atoms with Gasteiger partial charge in [0.2, 0.25) is 0 Å². The Labute approximate surface area is 93.8 Å². The number of aliphatic carboxylic acids is 2. The third-order valence-corrected chi connectivity index (χ3v) is 1.61. The van der Waals surface area contributed by atoms with E-state index in [1.807, 2.05) is 18.2 Å². The van der Waals surface area contributed by atoms with Crippen molar-refractivity contribution in [2.45, 2.75) is 13.3 Å². The van der Waals surface area contributed by atoms with E-state index in [0.29, 0.717) is 0 Å². The first-order chi connectivity index (χ1) is 7.43. The summed E-state index contributed by atoms with van der Waals surface area (Å²) in [4.78, 5) is 19.7. The SMILES string of the molecule is C=C(CC(=O)O)C(=O)O.Cc1ccccc1. The summed E-state index contributed by atoms with van der Waals surface area (Å²) < 4.78 is 0. The van der Waals surface area contributed by atoms with Crippen LogP contribution in [0, 0.1) is 6.92 Å². The Bertz CT molecular complexity index is 368. The second-order valence-electron chi connectivity index (χ2n) is 3.13. The molecule has 0 spiro atoms. The number of benzene rings is 1. The molecule has 1 aromatic carbocycles. The number of aryl methyl sites for hydroxylation is 1. The normalized spacial score (nSPS) is 8.56. The number of rotatable bonds is 3. The Hall–Kier alpha value is -2.10. The maximum atomic E-state index is 9.87. The van der Waals surface area contributed by atoms with Crippen molar-refractivity contribution in [3.63, 3.8) is 0 Å². The summed E-state index contributed by atoms with van der Waals surface area (Å²) in [6.45, 7) is 5.10. The average Bonchev–Trinajstić information content (AvgIpc) is 2.18. The van der Waals surface area contributed by atoms with Crippen molar-refractivity contribution in [1.29, 1.82) is 0 Å². The van der Waals surface area contributed by atoms with Crippen LogP contribution in [-0.4, -0.2) is 22.2 Å². The van der Waals surface area contributed by atoms with E-state index in [4.69, 9.17) is 10.2 Å². The van der Waals surface area contributed by atoms with Gasteiger partial charge in [0.1, 0.15) is 0 Å². The van der Waals surface area contributed by atoms with Crippen LogP contribution in [0.2, 0.25) is 0 Å². The van der Waals surface area contributed by atoms with E-state index < -0.39 is 18.4 Å². The molecule has 0 heterocycles. The van der Waals surface area contributed by atoms with E-state index >= 15 is 0 Å². The molecule has 0 aliphatic heterocycles. The predicted octanol–water partition coefficient (Wildman–Crippen LogP) is 2.10. The minimum absolute atomic E-state index is 0.303. The molecule has 0 amide bonds. The molecule has 16 heavy (non-hydrogen) atoms. The topological polar surface area (TPSA) is 74.6 Å². The van der Waals surface area contributed by atoms with Gasteiger partial charge in [0.15, 0.2) is 0 Å². The third kappa shape index (κ3) is 7.32. The van der Waals surface area contributed by atoms with Crippen molar-refractivity contribution in [3.05, 3.63) is 48.0 Å². The largest absolute Gasteiger partial charge is 0.481 e. The predicted molar refractivity (Wildman–Crippen MR) is 60.2 cm³/mol. The molecule has 0 saturated carbocycles. The van der Waals surface area contributed by atoms with E-state index in [1.54, 1.807) is 0 Å². The van der Waals surface area contributed by atoms with Crippen molar-refractivity contribution >= 4 is 11.9 Å². The molecule has 0 atom stereocenters. The highest BCUT2D eigenvalue weighted by Gasteiger charge is 2.07. The van der Waals surface area contributed by atoms with Crippen LogP contribution in [0.5, 0.6) is 0 Å². The van der Waals surface area contributed by atoms with Gasteiger partial charge in [-0.2, -0.15) is 0 Å². The minimum Gasteiger partial charge on any atom is -0.481 e. The fourth-order valence-electron chi connectivity index (χ4n) is 0.793. The second-order valence-corrected chi connectivity index (χ2v) is 3.13. The molecule has 0 bridgehead atoms. The third-order valence-electron chi connectivity index (χ3n) is 1.61. The summed E-state index contributed by atoms with van der Waals surface area (Å²) in [5, 5.41) is 16.1. The quantitative estimate of drug-likeness (QED) is 0.768. The van der Waals surface area contributed by atoms with E-state index in [9.17, 15) is 9.59 Å². The zero-order valence-electron chi connectivity index (χ0n) is 9.01. The summed E-state index contributed by atoms with van der Waals surface area (Å²) in [6.07, 6.45) is -0.505. The molecule has 0 fully saturated rings. The molecule has 86 valence electrons. The van der Waals surface area contributed by atoms with E-state index in [1.165, 1.54) is 5.56 Å². The van der Waals surface area contributed by atoms with E-state index in [0.717, 1.165) is 0 Å². The number of hydrogen-bond donors (Lipinski definition) is 2. The van der Waals surface area contributed by atoms with E-state index in [-0.39, 0.29) is 5.57 Å². The lowest BCUT2D eigenvalue weighted by Crippen LogP contribution is -2.04. The highest BCUT2D eigenvalue weighted by molar-refractivity contribution is 5.91. The Morgan fingerprint density at radius 3 is 1.88 bits per heavy atom. The summed E-state index contributed by atoms with van der Waals surface area (Å²) in [7, 11) is 0. The van der Waals surface area contributed by atoms with Crippen molar-refractivity contribution in [3.8, 4) is 0 Å². The maximum absolute atomic E-state index is 9.87. The second kappa shape index (κ2) is 7.23. The molecule has 4 nitrogen and oxygen atoms in total. The Morgan fingerprint density at radius 1 is 1.19 bits per heavy atom. The van der Waals surface area contributed by atoms with Crippen LogP contribution in [0.15, 0.2) is 42.5 Å². The zero-order chi connectivity index (χ0) is 12.6. The number of carbonyl (C=O) groups is 2. The van der Waals surface area contributed by atoms with Crippen molar-refractivity contribution in [2.24, 2.45) is 0 Å². The molecule has 2 N–H and O–H groups in total. The first-order valence-corrected chi connectivity index (χ1v) is 4.58. The minimum atomic E-state index is -1.27. The van der Waals surface area contributed by atoms with Crippen LogP contribution in [0.3, 0.4) is 0 Å². The van der Waals surface area contributed by atoms with E-state index in [2.05, 4.69) is 25.6 Å². The molecule has 1 rings (SSSR count). The molecule has 4 heteroatoms. The molecule has 0 aliphatic carbocycles. The highest BCUT2D eigenvalue weighted by Crippen LogP contribution is 1.95. The lowest BCUT2D eigenvalue weighted by Gasteiger charge is -1.91. The summed E-state index contributed by atoms with van der Waals surface area (Å²) >= 11 is 0. The van der Waals surface area contributed by atoms with Crippen LogP contribution in [0.4, 0.5) is 0 Å². The van der Waals surface area contributed by atoms with Gasteiger partial charge in [0.25, 0.3) is 0 Å². The standard InChI is InChI=1S/C7H8.C5H6O4/c1-7-5-3-2-4-6-7;1-3(5(8)9)2-4(6)7/h2-6H,1H3;1-2H2,(H,6,7)(H,8,9). The van der Waals surface area contributed by atoms with Crippen molar-refractivity contribution in [2.75, 3.05) is 0 Å². The fraction of sp³-hybridized carbons (Fsp3) is 0.167. The molecule has 0 aliphatic rings. The van der Waals surface area contributed by atoms with Gasteiger partial charge >= 0.3 is 11.9 Å². The first-order valence-electron chi connectivity index (χ1n) is 4.58. The summed E-state index contributed by atoms with van der Waals surface area (Å²) in [5.41, 5.74) is 1.02. The van der Waals surface area contributed by atoms with Crippen molar-refractivity contribution in [1.82, 2.24) is 0 Å². The summed E-state index contributed by atoms with van der Waals surface area (Å²) in [6, 6.07) is 10.3. The fourth-order valence-corrected chi connectivity index (χ4v) is 0.793. The highest BCUT2D eigenvalue weighted by atomic mass is 16.4. The molecular weight excluding hydrogens is 208 g/mol. The molecule has 0 saturated heterocycles. The number of carboxylic acids is 2. The molecule has 0 aromatic heterocycles. The van der Waals surface area contributed by atoms with Crippen LogP contribution in [0.1, 0.15) is 12.0 Å². The smallest absolute Gasteiger partial charge is 0.331 e. The van der Waals surface area contributed by atoms with Crippen LogP contribution in [0.25, 0.3) is 0 Å². The maximum Gasteiger partial charge on any atom is 0.331 e. The average molecular weight is 222 g/mol. The molecular formula is C12H14O4. The lowest BCUT2D eigenvalue weighted by atomic mass is 10.2. The van der Waals surface area contributed by atoms with Crippen molar-refractivity contribution < 1.29 is 19.8 Å². The van der Waals surface area contributed by atoms with Crippen LogP contribution >= 0.6 is 0 Å². The summed E-state index contributed by atoms with van der Waals surface area (Å²) in [5.74, 6) is -2.44. The van der Waals surface area contributed by atoms with Gasteiger partial charge in [-0.15, -0.1) is 0 Å². The lowest BCUT2D eigenvalue weighted by molar-refractivity contribution is -0.139. The zero-order valence-corrected chi connectivity index (χ0v) is 9.01. The van der Waals surface area contributed by atoms with Gasteiger partial charge in [0.05, 0.1) is 6.42 Å².